The highest BCUT2D eigenvalue weighted by molar-refractivity contribution is 7.92. The predicted octanol–water partition coefficient (Wildman–Crippen LogP) is 2.58. The van der Waals surface area contributed by atoms with Crippen molar-refractivity contribution >= 4 is 21.6 Å². The zero-order valence-electron chi connectivity index (χ0n) is 15.9. The predicted molar refractivity (Wildman–Crippen MR) is 110 cm³/mol. The summed E-state index contributed by atoms with van der Waals surface area (Å²) in [4.78, 5) is 16.4. The Hall–Kier alpha value is -3.59. The molecule has 30 heavy (non-hydrogen) atoms. The molecule has 9 heteroatoms. The fraction of sp³-hybridized carbons (Fsp3) is 0.143. The molecule has 0 saturated heterocycles. The van der Waals surface area contributed by atoms with Gasteiger partial charge in [-0.15, -0.1) is 0 Å². The van der Waals surface area contributed by atoms with Crippen LogP contribution in [0.5, 0.6) is 11.5 Å². The first kappa shape index (κ1) is 19.7. The normalized spacial score (nSPS) is 12.8. The Labute approximate surface area is 173 Å². The maximum atomic E-state index is 12.7. The van der Waals surface area contributed by atoms with Crippen LogP contribution in [-0.2, 0) is 16.6 Å². The van der Waals surface area contributed by atoms with Gasteiger partial charge < -0.3 is 14.8 Å². The van der Waals surface area contributed by atoms with Gasteiger partial charge in [-0.25, -0.2) is 8.42 Å². The molecule has 4 rings (SSSR count). The highest BCUT2D eigenvalue weighted by Crippen LogP contribution is 2.32. The zero-order chi connectivity index (χ0) is 21.0. The summed E-state index contributed by atoms with van der Waals surface area (Å²) in [5, 5.41) is 2.78. The molecular weight excluding hydrogens is 406 g/mol. The van der Waals surface area contributed by atoms with Gasteiger partial charge in [0.05, 0.1) is 22.3 Å². The second-order valence-electron chi connectivity index (χ2n) is 6.54. The maximum absolute atomic E-state index is 12.7. The van der Waals surface area contributed by atoms with Crippen molar-refractivity contribution in [3.63, 3.8) is 0 Å². The Kier molecular flexibility index (Phi) is 5.53. The zero-order valence-corrected chi connectivity index (χ0v) is 16.7. The number of carbonyl (C=O) groups excluding carboxylic acids is 1. The smallest absolute Gasteiger partial charge is 0.262 e. The minimum Gasteiger partial charge on any atom is -0.486 e. The Morgan fingerprint density at radius 3 is 2.53 bits per heavy atom. The van der Waals surface area contributed by atoms with Crippen LogP contribution in [0.4, 0.5) is 5.69 Å². The Bertz CT molecular complexity index is 1170. The third-order valence-corrected chi connectivity index (χ3v) is 5.75. The molecule has 0 spiro atoms. The number of hydrogen-bond donors (Lipinski definition) is 2. The average Bonchev–Trinajstić information content (AvgIpc) is 2.77. The van der Waals surface area contributed by atoms with Crippen molar-refractivity contribution in [3.8, 4) is 11.5 Å². The molecule has 0 radical (unpaired) electrons. The largest absolute Gasteiger partial charge is 0.486 e. The van der Waals surface area contributed by atoms with Crippen LogP contribution in [0.1, 0.15) is 15.9 Å². The number of pyridine rings is 1. The summed E-state index contributed by atoms with van der Waals surface area (Å²) >= 11 is 0. The molecule has 0 fully saturated rings. The summed E-state index contributed by atoms with van der Waals surface area (Å²) in [6.45, 7) is 1.13. The van der Waals surface area contributed by atoms with Crippen LogP contribution in [0.15, 0.2) is 71.9 Å². The molecule has 3 aromatic rings. The Morgan fingerprint density at radius 2 is 1.73 bits per heavy atom. The molecule has 1 amide bonds. The lowest BCUT2D eigenvalue weighted by Gasteiger charge is -2.19. The van der Waals surface area contributed by atoms with Gasteiger partial charge in [-0.05, 0) is 23.8 Å². The van der Waals surface area contributed by atoms with E-state index in [1.807, 2.05) is 30.3 Å². The molecule has 1 aliphatic heterocycles. The number of fused-ring (bicyclic) bond motifs is 1. The highest BCUT2D eigenvalue weighted by atomic mass is 32.2. The lowest BCUT2D eigenvalue weighted by molar-refractivity contribution is 0.0950. The molecule has 0 atom stereocenters. The molecule has 2 N–H and O–H groups in total. The summed E-state index contributed by atoms with van der Waals surface area (Å²) in [7, 11) is -3.90. The summed E-state index contributed by atoms with van der Waals surface area (Å²) in [6, 6.07) is 15.3. The van der Waals surface area contributed by atoms with Gasteiger partial charge in [0.2, 0.25) is 0 Å². The number of anilines is 1. The number of amides is 1. The van der Waals surface area contributed by atoms with E-state index in [4.69, 9.17) is 9.47 Å². The van der Waals surface area contributed by atoms with Crippen LogP contribution < -0.4 is 19.5 Å². The van der Waals surface area contributed by atoms with Crippen molar-refractivity contribution in [1.82, 2.24) is 10.3 Å². The molecule has 0 bridgehead atoms. The molecule has 154 valence electrons. The monoisotopic (exact) mass is 425 g/mol. The number of nitrogens with one attached hydrogen (secondary N) is 2. The van der Waals surface area contributed by atoms with Crippen LogP contribution in [0.2, 0.25) is 0 Å². The molecule has 1 aliphatic rings. The van der Waals surface area contributed by atoms with Crippen molar-refractivity contribution in [2.45, 2.75) is 11.4 Å². The van der Waals surface area contributed by atoms with Crippen LogP contribution in [-0.4, -0.2) is 32.5 Å². The van der Waals surface area contributed by atoms with E-state index in [1.54, 1.807) is 6.07 Å². The summed E-state index contributed by atoms with van der Waals surface area (Å²) < 4.78 is 38.8. The highest BCUT2D eigenvalue weighted by Gasteiger charge is 2.20. The van der Waals surface area contributed by atoms with Crippen molar-refractivity contribution in [2.75, 3.05) is 17.9 Å². The van der Waals surface area contributed by atoms with E-state index < -0.39 is 10.0 Å². The number of carbonyl (C=O) groups is 1. The minimum atomic E-state index is -3.90. The topological polar surface area (TPSA) is 107 Å². The van der Waals surface area contributed by atoms with Gasteiger partial charge in [-0.3, -0.25) is 14.5 Å². The molecule has 0 saturated carbocycles. The fourth-order valence-electron chi connectivity index (χ4n) is 2.91. The van der Waals surface area contributed by atoms with Crippen molar-refractivity contribution in [2.24, 2.45) is 0 Å². The summed E-state index contributed by atoms with van der Waals surface area (Å²) in [5.74, 6) is 0.516. The number of rotatable bonds is 6. The van der Waals surface area contributed by atoms with Crippen molar-refractivity contribution in [1.29, 1.82) is 0 Å². The molecule has 2 aromatic carbocycles. The Morgan fingerprint density at radius 1 is 0.967 bits per heavy atom. The van der Waals surface area contributed by atoms with Gasteiger partial charge in [-0.2, -0.15) is 0 Å². The number of aromatic nitrogens is 1. The van der Waals surface area contributed by atoms with E-state index in [0.717, 1.165) is 5.56 Å². The minimum absolute atomic E-state index is 0.0192. The quantitative estimate of drug-likeness (QED) is 0.629. The number of benzene rings is 2. The van der Waals surface area contributed by atoms with Crippen LogP contribution in [0, 0.1) is 0 Å². The average molecular weight is 425 g/mol. The number of hydrogen-bond acceptors (Lipinski definition) is 6. The van der Waals surface area contributed by atoms with Gasteiger partial charge >= 0.3 is 0 Å². The van der Waals surface area contributed by atoms with E-state index in [0.29, 0.717) is 31.3 Å². The van der Waals surface area contributed by atoms with Crippen LogP contribution in [0.3, 0.4) is 0 Å². The van der Waals surface area contributed by atoms with Gasteiger partial charge in [0.15, 0.2) is 11.5 Å². The molecular formula is C21H19N3O5S. The number of nitrogens with zero attached hydrogens (tertiary/aromatic N) is 1. The van der Waals surface area contributed by atoms with Crippen molar-refractivity contribution < 1.29 is 22.7 Å². The van der Waals surface area contributed by atoms with Crippen LogP contribution in [0.25, 0.3) is 0 Å². The lowest BCUT2D eigenvalue weighted by Crippen LogP contribution is -2.23. The molecule has 2 heterocycles. The SMILES string of the molecule is O=C(NCc1ccccc1)c1cncc(NS(=O)(=O)c2ccc3c(c2)OCCO3)c1. The van der Waals surface area contributed by atoms with Gasteiger partial charge in [0.1, 0.15) is 13.2 Å². The molecule has 1 aromatic heterocycles. The third kappa shape index (κ3) is 4.52. The molecule has 0 unspecified atom stereocenters. The standard InChI is InChI=1S/C21H19N3O5S/c25-21(23-12-15-4-2-1-3-5-15)16-10-17(14-22-13-16)24-30(26,27)18-6-7-19-20(11-18)29-9-8-28-19/h1-7,10-11,13-14,24H,8-9,12H2,(H,23,25). The van der Waals surface area contributed by atoms with E-state index in [9.17, 15) is 13.2 Å². The van der Waals surface area contributed by atoms with E-state index >= 15 is 0 Å². The molecule has 0 aliphatic carbocycles. The van der Waals surface area contributed by atoms with Gasteiger partial charge in [-0.1, -0.05) is 30.3 Å². The first-order valence-corrected chi connectivity index (χ1v) is 10.7. The number of ether oxygens (including phenoxy) is 2. The fourth-order valence-corrected chi connectivity index (χ4v) is 3.95. The number of sulfonamides is 1. The first-order chi connectivity index (χ1) is 14.5. The van der Waals surface area contributed by atoms with E-state index in [-0.39, 0.29) is 22.1 Å². The lowest BCUT2D eigenvalue weighted by atomic mass is 10.2. The summed E-state index contributed by atoms with van der Waals surface area (Å²) in [6.07, 6.45) is 2.71. The second-order valence-corrected chi connectivity index (χ2v) is 8.22. The first-order valence-electron chi connectivity index (χ1n) is 9.21. The van der Waals surface area contributed by atoms with E-state index in [1.165, 1.54) is 30.6 Å². The van der Waals surface area contributed by atoms with E-state index in [2.05, 4.69) is 15.0 Å². The maximum Gasteiger partial charge on any atom is 0.262 e. The van der Waals surface area contributed by atoms with Crippen LogP contribution >= 0.6 is 0 Å². The summed E-state index contributed by atoms with van der Waals surface area (Å²) in [5.41, 5.74) is 1.37. The molecule has 8 nitrogen and oxygen atoms in total. The van der Waals surface area contributed by atoms with Gasteiger partial charge in [0.25, 0.3) is 15.9 Å². The Balaban J connectivity index is 1.47. The second kappa shape index (κ2) is 8.42. The van der Waals surface area contributed by atoms with Gasteiger partial charge in [0, 0.05) is 18.8 Å². The van der Waals surface area contributed by atoms with Crippen molar-refractivity contribution in [3.05, 3.63) is 78.1 Å². The third-order valence-electron chi connectivity index (χ3n) is 4.37.